The highest BCUT2D eigenvalue weighted by molar-refractivity contribution is 5.87. The van der Waals surface area contributed by atoms with E-state index >= 15 is 0 Å². The molecule has 2 aromatic carbocycles. The Kier molecular flexibility index (Phi) is 9.76. The van der Waals surface area contributed by atoms with Crippen molar-refractivity contribution in [3.8, 4) is 0 Å². The van der Waals surface area contributed by atoms with Crippen LogP contribution in [0.3, 0.4) is 0 Å². The summed E-state index contributed by atoms with van der Waals surface area (Å²) in [7, 11) is 0. The molecule has 29 heavy (non-hydrogen) atoms. The highest BCUT2D eigenvalue weighted by Crippen LogP contribution is 2.04. The van der Waals surface area contributed by atoms with Crippen LogP contribution in [0.5, 0.6) is 0 Å². The fourth-order valence-corrected chi connectivity index (χ4v) is 3.13. The molecule has 156 valence electrons. The van der Waals surface area contributed by atoms with Gasteiger partial charge in [0, 0.05) is 13.1 Å². The van der Waals surface area contributed by atoms with E-state index in [9.17, 15) is 9.59 Å². The summed E-state index contributed by atoms with van der Waals surface area (Å²) >= 11 is 0. The van der Waals surface area contributed by atoms with Gasteiger partial charge in [-0.2, -0.15) is 0 Å². The quantitative estimate of drug-likeness (QED) is 0.508. The number of amides is 3. The van der Waals surface area contributed by atoms with Crippen LogP contribution in [-0.2, 0) is 17.6 Å². The first-order valence-electron chi connectivity index (χ1n) is 10.5. The van der Waals surface area contributed by atoms with Gasteiger partial charge in [-0.05, 0) is 42.7 Å². The Morgan fingerprint density at radius 2 is 1.24 bits per heavy atom. The lowest BCUT2D eigenvalue weighted by molar-refractivity contribution is -0.123. The number of carbonyl (C=O) groups excluding carboxylic acids is 2. The molecule has 2 rings (SSSR count). The number of nitrogens with one attached hydrogen (secondary N) is 3. The number of aryl methyl sites for hydroxylation is 2. The van der Waals surface area contributed by atoms with Gasteiger partial charge in [0.2, 0.25) is 5.91 Å². The summed E-state index contributed by atoms with van der Waals surface area (Å²) < 4.78 is 0. The van der Waals surface area contributed by atoms with E-state index in [-0.39, 0.29) is 17.9 Å². The summed E-state index contributed by atoms with van der Waals surface area (Å²) in [5.41, 5.74) is 2.51. The molecule has 0 aliphatic heterocycles. The number of carbonyl (C=O) groups is 2. The summed E-state index contributed by atoms with van der Waals surface area (Å²) in [5.74, 6) is -0.119. The van der Waals surface area contributed by atoms with Crippen molar-refractivity contribution in [2.45, 2.75) is 45.6 Å². The lowest BCUT2D eigenvalue weighted by Crippen LogP contribution is -2.52. The standard InChI is InChI=1S/C24H33N3O2/c1-19(2)22(23(28)25-17-9-15-20-11-5-3-6-12-20)27-24(29)26-18-10-16-21-13-7-4-8-14-21/h3-8,11-14,19,22H,9-10,15-18H2,1-2H3,(H,25,28)(H2,26,27,29)/t22-/m0/s1. The molecule has 1 atom stereocenters. The van der Waals surface area contributed by atoms with Gasteiger partial charge in [-0.1, -0.05) is 74.5 Å². The SMILES string of the molecule is CC(C)[C@H](NC(=O)NCCCc1ccccc1)C(=O)NCCCc1ccccc1. The Balaban J connectivity index is 1.66. The Morgan fingerprint density at radius 3 is 1.72 bits per heavy atom. The van der Waals surface area contributed by atoms with Crippen LogP contribution in [0.25, 0.3) is 0 Å². The number of hydrogen-bond acceptors (Lipinski definition) is 2. The van der Waals surface area contributed by atoms with Gasteiger partial charge in [0.1, 0.15) is 6.04 Å². The molecule has 0 saturated heterocycles. The fourth-order valence-electron chi connectivity index (χ4n) is 3.13. The van der Waals surface area contributed by atoms with Crippen LogP contribution in [0.2, 0.25) is 0 Å². The lowest BCUT2D eigenvalue weighted by Gasteiger charge is -2.22. The molecule has 0 radical (unpaired) electrons. The molecule has 0 fully saturated rings. The molecule has 0 aliphatic carbocycles. The molecule has 0 saturated carbocycles. The zero-order valence-electron chi connectivity index (χ0n) is 17.5. The number of rotatable bonds is 11. The molecular weight excluding hydrogens is 362 g/mol. The number of benzene rings is 2. The molecule has 2 aromatic rings. The minimum Gasteiger partial charge on any atom is -0.354 e. The molecule has 5 heteroatoms. The minimum atomic E-state index is -0.541. The van der Waals surface area contributed by atoms with E-state index in [4.69, 9.17) is 0 Å². The van der Waals surface area contributed by atoms with E-state index in [1.165, 1.54) is 11.1 Å². The maximum Gasteiger partial charge on any atom is 0.315 e. The van der Waals surface area contributed by atoms with E-state index in [1.54, 1.807) is 0 Å². The molecular formula is C24H33N3O2. The van der Waals surface area contributed by atoms with Crippen molar-refractivity contribution in [1.29, 1.82) is 0 Å². The van der Waals surface area contributed by atoms with Crippen molar-refractivity contribution in [2.75, 3.05) is 13.1 Å². The first-order chi connectivity index (χ1) is 14.1. The molecule has 0 aromatic heterocycles. The average molecular weight is 396 g/mol. The van der Waals surface area contributed by atoms with Crippen molar-refractivity contribution < 1.29 is 9.59 Å². The first-order valence-corrected chi connectivity index (χ1v) is 10.5. The van der Waals surface area contributed by atoms with Crippen molar-refractivity contribution >= 4 is 11.9 Å². The molecule has 0 spiro atoms. The van der Waals surface area contributed by atoms with E-state index in [2.05, 4.69) is 40.2 Å². The Hall–Kier alpha value is -2.82. The summed E-state index contributed by atoms with van der Waals surface area (Å²) in [6.45, 7) is 5.04. The van der Waals surface area contributed by atoms with Crippen molar-refractivity contribution in [2.24, 2.45) is 5.92 Å². The highest BCUT2D eigenvalue weighted by atomic mass is 16.2. The lowest BCUT2D eigenvalue weighted by atomic mass is 10.0. The third kappa shape index (κ3) is 8.81. The Bertz CT molecular complexity index is 732. The smallest absolute Gasteiger partial charge is 0.315 e. The third-order valence-corrected chi connectivity index (χ3v) is 4.79. The van der Waals surface area contributed by atoms with E-state index in [0.29, 0.717) is 13.1 Å². The maximum atomic E-state index is 12.5. The number of hydrogen-bond donors (Lipinski definition) is 3. The second kappa shape index (κ2) is 12.6. The van der Waals surface area contributed by atoms with Crippen LogP contribution >= 0.6 is 0 Å². The Labute approximate surface area is 174 Å². The maximum absolute atomic E-state index is 12.5. The van der Waals surface area contributed by atoms with Crippen molar-refractivity contribution in [3.05, 3.63) is 71.8 Å². The van der Waals surface area contributed by atoms with Crippen LogP contribution in [0.1, 0.15) is 37.8 Å². The molecule has 3 amide bonds. The van der Waals surface area contributed by atoms with Crippen molar-refractivity contribution in [3.63, 3.8) is 0 Å². The summed E-state index contributed by atoms with van der Waals surface area (Å²) in [6.07, 6.45) is 3.56. The van der Waals surface area contributed by atoms with Gasteiger partial charge in [0.05, 0.1) is 0 Å². The van der Waals surface area contributed by atoms with Crippen molar-refractivity contribution in [1.82, 2.24) is 16.0 Å². The van der Waals surface area contributed by atoms with Crippen LogP contribution in [0.15, 0.2) is 60.7 Å². The van der Waals surface area contributed by atoms with Gasteiger partial charge < -0.3 is 16.0 Å². The minimum absolute atomic E-state index is 0.0131. The summed E-state index contributed by atoms with van der Waals surface area (Å²) in [6, 6.07) is 19.6. The average Bonchev–Trinajstić information content (AvgIpc) is 2.73. The third-order valence-electron chi connectivity index (χ3n) is 4.79. The van der Waals surface area contributed by atoms with Gasteiger partial charge in [-0.25, -0.2) is 4.79 Å². The summed E-state index contributed by atoms with van der Waals surface area (Å²) in [4.78, 5) is 24.7. The highest BCUT2D eigenvalue weighted by Gasteiger charge is 2.23. The van der Waals surface area contributed by atoms with E-state index in [0.717, 1.165) is 25.7 Å². The monoisotopic (exact) mass is 395 g/mol. The molecule has 5 nitrogen and oxygen atoms in total. The van der Waals surface area contributed by atoms with Crippen LogP contribution in [0, 0.1) is 5.92 Å². The molecule has 3 N–H and O–H groups in total. The van der Waals surface area contributed by atoms with Crippen LogP contribution < -0.4 is 16.0 Å². The second-order valence-corrected chi connectivity index (χ2v) is 7.59. The molecule has 0 bridgehead atoms. The topological polar surface area (TPSA) is 70.2 Å². The van der Waals surface area contributed by atoms with Gasteiger partial charge in [-0.15, -0.1) is 0 Å². The van der Waals surface area contributed by atoms with E-state index < -0.39 is 6.04 Å². The van der Waals surface area contributed by atoms with Crippen LogP contribution in [-0.4, -0.2) is 31.1 Å². The van der Waals surface area contributed by atoms with Gasteiger partial charge in [0.15, 0.2) is 0 Å². The second-order valence-electron chi connectivity index (χ2n) is 7.59. The zero-order chi connectivity index (χ0) is 20.9. The predicted octanol–water partition coefficient (Wildman–Crippen LogP) is 3.69. The molecule has 0 aliphatic rings. The normalized spacial score (nSPS) is 11.7. The zero-order valence-corrected chi connectivity index (χ0v) is 17.5. The summed E-state index contributed by atoms with van der Waals surface area (Å²) in [5, 5.41) is 8.61. The van der Waals surface area contributed by atoms with Gasteiger partial charge in [0.25, 0.3) is 0 Å². The fraction of sp³-hybridized carbons (Fsp3) is 0.417. The molecule has 0 unspecified atom stereocenters. The predicted molar refractivity (Wildman–Crippen MR) is 118 cm³/mol. The molecule has 0 heterocycles. The Morgan fingerprint density at radius 1 is 0.759 bits per heavy atom. The van der Waals surface area contributed by atoms with Crippen LogP contribution in [0.4, 0.5) is 4.79 Å². The largest absolute Gasteiger partial charge is 0.354 e. The van der Waals surface area contributed by atoms with Gasteiger partial charge >= 0.3 is 6.03 Å². The van der Waals surface area contributed by atoms with Gasteiger partial charge in [-0.3, -0.25) is 4.79 Å². The number of urea groups is 1. The first kappa shape index (κ1) is 22.5. The van der Waals surface area contributed by atoms with E-state index in [1.807, 2.05) is 50.2 Å².